The van der Waals surface area contributed by atoms with Gasteiger partial charge < -0.3 is 24.4 Å². The Kier molecular flexibility index (Phi) is 11.1. The molecule has 0 saturated carbocycles. The minimum atomic E-state index is -0.943. The second kappa shape index (κ2) is 14.5. The Hall–Kier alpha value is -3.07. The molecule has 1 atom stereocenters. The van der Waals surface area contributed by atoms with Crippen molar-refractivity contribution in [1.82, 2.24) is 10.2 Å². The molecular formula is C27H33BrN2O6. The molecule has 1 saturated heterocycles. The largest absolute Gasteiger partial charge is 0.492 e. The van der Waals surface area contributed by atoms with Crippen LogP contribution in [0.5, 0.6) is 11.5 Å². The first-order valence-corrected chi connectivity index (χ1v) is 13.1. The van der Waals surface area contributed by atoms with Gasteiger partial charge in [0.2, 0.25) is 5.91 Å². The van der Waals surface area contributed by atoms with E-state index in [1.54, 1.807) is 18.2 Å². The zero-order valence-electron chi connectivity index (χ0n) is 20.5. The Morgan fingerprint density at radius 2 is 1.83 bits per heavy atom. The highest BCUT2D eigenvalue weighted by atomic mass is 79.9. The Morgan fingerprint density at radius 3 is 2.58 bits per heavy atom. The van der Waals surface area contributed by atoms with Crippen LogP contribution in [-0.4, -0.2) is 61.6 Å². The van der Waals surface area contributed by atoms with Gasteiger partial charge in [-0.1, -0.05) is 44.4 Å². The molecule has 9 heteroatoms. The number of piperazine rings is 1. The van der Waals surface area contributed by atoms with Crippen molar-refractivity contribution in [3.05, 3.63) is 58.6 Å². The maximum absolute atomic E-state index is 13.3. The van der Waals surface area contributed by atoms with E-state index in [2.05, 4.69) is 28.2 Å². The van der Waals surface area contributed by atoms with E-state index in [0.29, 0.717) is 41.2 Å². The summed E-state index contributed by atoms with van der Waals surface area (Å²) in [5, 5.41) is 2.73. The number of hydrogen-bond donors (Lipinski definition) is 1. The van der Waals surface area contributed by atoms with Gasteiger partial charge in [-0.2, -0.15) is 0 Å². The van der Waals surface area contributed by atoms with E-state index in [1.807, 2.05) is 30.3 Å². The summed E-state index contributed by atoms with van der Waals surface area (Å²) in [4.78, 5) is 39.6. The highest BCUT2D eigenvalue weighted by molar-refractivity contribution is 9.10. The number of esters is 1. The number of amides is 2. The molecule has 8 nitrogen and oxygen atoms in total. The van der Waals surface area contributed by atoms with Crippen molar-refractivity contribution < 1.29 is 28.6 Å². The molecule has 0 radical (unpaired) electrons. The van der Waals surface area contributed by atoms with Crippen LogP contribution in [0.2, 0.25) is 0 Å². The highest BCUT2D eigenvalue weighted by Crippen LogP contribution is 2.27. The van der Waals surface area contributed by atoms with Crippen LogP contribution in [0.4, 0.5) is 0 Å². The van der Waals surface area contributed by atoms with Crippen LogP contribution in [-0.2, 0) is 14.3 Å². The Labute approximate surface area is 220 Å². The second-order valence-corrected chi connectivity index (χ2v) is 9.30. The Bertz CT molecular complexity index is 1020. The fraction of sp³-hybridized carbons (Fsp3) is 0.444. The number of hydrogen-bond acceptors (Lipinski definition) is 6. The average Bonchev–Trinajstić information content (AvgIpc) is 2.88. The van der Waals surface area contributed by atoms with Crippen molar-refractivity contribution in [2.24, 2.45) is 0 Å². The molecule has 0 spiro atoms. The van der Waals surface area contributed by atoms with Crippen LogP contribution < -0.4 is 14.8 Å². The lowest BCUT2D eigenvalue weighted by molar-refractivity contribution is -0.148. The first-order chi connectivity index (χ1) is 17.5. The molecular weight excluding hydrogens is 528 g/mol. The number of carbonyl (C=O) groups is 3. The number of unbranched alkanes of at least 4 members (excludes halogenated alkanes) is 3. The number of benzene rings is 2. The molecule has 0 aliphatic carbocycles. The lowest BCUT2D eigenvalue weighted by Crippen LogP contribution is -2.57. The van der Waals surface area contributed by atoms with Gasteiger partial charge in [-0.05, 0) is 52.7 Å². The third kappa shape index (κ3) is 8.26. The number of nitrogens with one attached hydrogen (secondary N) is 1. The highest BCUT2D eigenvalue weighted by Gasteiger charge is 2.35. The van der Waals surface area contributed by atoms with Crippen molar-refractivity contribution in [3.63, 3.8) is 0 Å². The maximum Gasteiger partial charge on any atom is 0.308 e. The summed E-state index contributed by atoms with van der Waals surface area (Å²) >= 11 is 3.48. The average molecular weight is 561 g/mol. The lowest BCUT2D eigenvalue weighted by Gasteiger charge is -2.34. The fourth-order valence-corrected chi connectivity index (χ4v) is 4.33. The molecule has 2 aromatic carbocycles. The van der Waals surface area contributed by atoms with Gasteiger partial charge in [0.25, 0.3) is 5.91 Å². The monoisotopic (exact) mass is 560 g/mol. The Balaban J connectivity index is 1.54. The van der Waals surface area contributed by atoms with E-state index in [4.69, 9.17) is 14.2 Å². The number of rotatable bonds is 13. The van der Waals surface area contributed by atoms with E-state index < -0.39 is 12.0 Å². The molecule has 1 heterocycles. The minimum Gasteiger partial charge on any atom is -0.492 e. The molecule has 1 aliphatic rings. The molecule has 36 heavy (non-hydrogen) atoms. The summed E-state index contributed by atoms with van der Waals surface area (Å²) in [5.74, 6) is 0.0660. The van der Waals surface area contributed by atoms with Gasteiger partial charge in [0, 0.05) is 18.7 Å². The van der Waals surface area contributed by atoms with Gasteiger partial charge in [-0.3, -0.25) is 14.4 Å². The van der Waals surface area contributed by atoms with Crippen LogP contribution >= 0.6 is 15.9 Å². The molecule has 2 aromatic rings. The van der Waals surface area contributed by atoms with E-state index in [-0.39, 0.29) is 31.4 Å². The van der Waals surface area contributed by atoms with Crippen molar-refractivity contribution in [2.75, 3.05) is 32.9 Å². The van der Waals surface area contributed by atoms with Crippen molar-refractivity contribution in [2.45, 2.75) is 45.1 Å². The maximum atomic E-state index is 13.3. The van der Waals surface area contributed by atoms with E-state index in [9.17, 15) is 14.4 Å². The first-order valence-electron chi connectivity index (χ1n) is 12.3. The molecule has 2 amide bonds. The van der Waals surface area contributed by atoms with Gasteiger partial charge in [0.15, 0.2) is 0 Å². The minimum absolute atomic E-state index is 0.0445. The fourth-order valence-electron chi connectivity index (χ4n) is 3.84. The summed E-state index contributed by atoms with van der Waals surface area (Å²) in [6.07, 6.45) is 4.20. The quantitative estimate of drug-likeness (QED) is 0.289. The molecule has 1 N–H and O–H groups in total. The Morgan fingerprint density at radius 1 is 1.03 bits per heavy atom. The predicted octanol–water partition coefficient (Wildman–Crippen LogP) is 4.36. The summed E-state index contributed by atoms with van der Waals surface area (Å²) in [6.45, 7) is 3.63. The van der Waals surface area contributed by atoms with Crippen LogP contribution in [0.1, 0.15) is 49.4 Å². The van der Waals surface area contributed by atoms with Crippen molar-refractivity contribution >= 4 is 33.7 Å². The molecule has 1 aliphatic heterocycles. The second-order valence-electron chi connectivity index (χ2n) is 8.45. The third-order valence-corrected chi connectivity index (χ3v) is 6.36. The number of para-hydroxylation sites is 1. The number of ether oxygens (including phenoxy) is 3. The zero-order chi connectivity index (χ0) is 25.8. The topological polar surface area (TPSA) is 94.2 Å². The molecule has 1 unspecified atom stereocenters. The van der Waals surface area contributed by atoms with E-state index in [0.717, 1.165) is 19.3 Å². The SMILES string of the molecule is CCCCCCOc1ccc(C(=O)N2CCNC(=O)C2CC(=O)OCCOc2ccccc2)cc1Br. The summed E-state index contributed by atoms with van der Waals surface area (Å²) in [5.41, 5.74) is 0.407. The summed E-state index contributed by atoms with van der Waals surface area (Å²) in [6, 6.07) is 13.4. The number of nitrogens with zero attached hydrogens (tertiary/aromatic N) is 1. The van der Waals surface area contributed by atoms with Crippen LogP contribution in [0.15, 0.2) is 53.0 Å². The predicted molar refractivity (Wildman–Crippen MR) is 139 cm³/mol. The molecule has 194 valence electrons. The summed E-state index contributed by atoms with van der Waals surface area (Å²) in [7, 11) is 0. The van der Waals surface area contributed by atoms with Gasteiger partial charge in [0.05, 0.1) is 17.5 Å². The van der Waals surface area contributed by atoms with Gasteiger partial charge >= 0.3 is 5.97 Å². The molecule has 0 bridgehead atoms. The lowest BCUT2D eigenvalue weighted by atomic mass is 10.1. The first kappa shape index (κ1) is 27.5. The number of halogens is 1. The molecule has 3 rings (SSSR count). The van der Waals surface area contributed by atoms with Gasteiger partial charge in [-0.15, -0.1) is 0 Å². The van der Waals surface area contributed by atoms with Crippen molar-refractivity contribution in [1.29, 1.82) is 0 Å². The van der Waals surface area contributed by atoms with Crippen molar-refractivity contribution in [3.8, 4) is 11.5 Å². The third-order valence-electron chi connectivity index (χ3n) is 5.74. The summed E-state index contributed by atoms with van der Waals surface area (Å²) < 4.78 is 17.2. The van der Waals surface area contributed by atoms with Gasteiger partial charge in [0.1, 0.15) is 30.8 Å². The smallest absolute Gasteiger partial charge is 0.308 e. The van der Waals surface area contributed by atoms with Gasteiger partial charge in [-0.25, -0.2) is 0 Å². The molecule has 1 fully saturated rings. The van der Waals surface area contributed by atoms with E-state index >= 15 is 0 Å². The zero-order valence-corrected chi connectivity index (χ0v) is 22.1. The standard InChI is InChI=1S/C27H33BrN2O6/c1-2-3-4-8-15-35-24-12-11-20(18-22(24)28)27(33)30-14-13-29-26(32)23(30)19-25(31)36-17-16-34-21-9-6-5-7-10-21/h5-7,9-12,18,23H,2-4,8,13-17,19H2,1H3,(H,29,32). The van der Waals surface area contributed by atoms with Crippen LogP contribution in [0, 0.1) is 0 Å². The van der Waals surface area contributed by atoms with Crippen LogP contribution in [0.25, 0.3) is 0 Å². The molecule has 0 aromatic heterocycles. The van der Waals surface area contributed by atoms with Crippen LogP contribution in [0.3, 0.4) is 0 Å². The normalized spacial score (nSPS) is 15.2. The number of carbonyl (C=O) groups excluding carboxylic acids is 3. The van der Waals surface area contributed by atoms with E-state index in [1.165, 1.54) is 11.3 Å².